The van der Waals surface area contributed by atoms with Gasteiger partial charge in [-0.25, -0.2) is 9.59 Å². The summed E-state index contributed by atoms with van der Waals surface area (Å²) in [6, 6.07) is 46.8. The van der Waals surface area contributed by atoms with Gasteiger partial charge in [-0.1, -0.05) is 168 Å². The molecule has 0 heterocycles. The van der Waals surface area contributed by atoms with Crippen LogP contribution in [0.25, 0.3) is 0 Å². The van der Waals surface area contributed by atoms with E-state index in [1.54, 1.807) is 60.7 Å². The van der Waals surface area contributed by atoms with Crippen molar-refractivity contribution in [3.05, 3.63) is 210 Å². The van der Waals surface area contributed by atoms with E-state index >= 15 is 0 Å². The molecule has 324 valence electrons. The predicted molar refractivity (Wildman–Crippen MR) is 250 cm³/mol. The molecule has 0 amide bonds. The molecule has 2 aliphatic rings. The summed E-state index contributed by atoms with van der Waals surface area (Å²) in [5.41, 5.74) is 8.91. The molecule has 6 atom stereocenters. The Balaban J connectivity index is 0.000000163. The molecule has 0 saturated heterocycles. The van der Waals surface area contributed by atoms with Gasteiger partial charge >= 0.3 is 11.9 Å². The normalized spacial score (nSPS) is 18.3. The summed E-state index contributed by atoms with van der Waals surface area (Å²) in [6.07, 6.45) is 1.71. The lowest BCUT2D eigenvalue weighted by atomic mass is 9.77. The fraction of sp³-hybridized carbons (Fsp3) is 0.240. The van der Waals surface area contributed by atoms with E-state index in [2.05, 4.69) is 71.3 Å². The average Bonchev–Trinajstić information content (AvgIpc) is 3.30. The summed E-state index contributed by atoms with van der Waals surface area (Å²) in [5.74, 6) is -1.64. The van der Waals surface area contributed by atoms with E-state index in [1.807, 2.05) is 38.4 Å². The third-order valence-electron chi connectivity index (χ3n) is 11.1. The molecule has 6 aromatic rings. The van der Waals surface area contributed by atoms with Gasteiger partial charge in [0.25, 0.3) is 0 Å². The predicted octanol–water partition coefficient (Wildman–Crippen LogP) is 12.0. The molecule has 12 heteroatoms. The number of halogens is 4. The van der Waals surface area contributed by atoms with Crippen LogP contribution in [0.1, 0.15) is 106 Å². The zero-order valence-corrected chi connectivity index (χ0v) is 37.3. The van der Waals surface area contributed by atoms with E-state index in [1.165, 1.54) is 33.4 Å². The molecule has 0 aromatic heterocycles. The Morgan fingerprint density at radius 1 is 0.468 bits per heavy atom. The first-order valence-electron chi connectivity index (χ1n) is 20.2. The lowest BCUT2D eigenvalue weighted by molar-refractivity contribution is -0.147. The van der Waals surface area contributed by atoms with Crippen molar-refractivity contribution >= 4 is 58.3 Å². The molecule has 0 fully saturated rings. The van der Waals surface area contributed by atoms with Crippen LogP contribution in [0.2, 0.25) is 20.1 Å². The number of hydrogen-bond donors (Lipinski definition) is 6. The molecule has 0 aliphatic heterocycles. The van der Waals surface area contributed by atoms with Crippen LogP contribution >= 0.6 is 46.4 Å². The van der Waals surface area contributed by atoms with Crippen molar-refractivity contribution in [3.63, 3.8) is 0 Å². The summed E-state index contributed by atoms with van der Waals surface area (Å²) < 4.78 is 0. The summed E-state index contributed by atoms with van der Waals surface area (Å²) in [4.78, 5) is 20.5. The lowest BCUT2D eigenvalue weighted by Gasteiger charge is -2.32. The quantitative estimate of drug-likeness (QED) is 0.0887. The molecule has 8 rings (SSSR count). The Kier molecular flexibility index (Phi) is 18.4. The van der Waals surface area contributed by atoms with Gasteiger partial charge in [-0.3, -0.25) is 0 Å². The van der Waals surface area contributed by atoms with Gasteiger partial charge in [-0.05, 0) is 109 Å². The monoisotopic (exact) mass is 914 g/mol. The van der Waals surface area contributed by atoms with Gasteiger partial charge < -0.3 is 31.1 Å². The summed E-state index contributed by atoms with van der Waals surface area (Å²) >= 11 is 24.4. The van der Waals surface area contributed by atoms with Crippen LogP contribution in [0, 0.1) is 0 Å². The van der Waals surface area contributed by atoms with E-state index in [4.69, 9.17) is 66.8 Å². The zero-order chi connectivity index (χ0) is 44.8. The first-order chi connectivity index (χ1) is 29.8. The maximum absolute atomic E-state index is 10.2. The molecule has 0 saturated carbocycles. The number of nitrogens with one attached hydrogen (secondary N) is 2. The number of carboxylic acids is 2. The molecule has 0 bridgehead atoms. The number of carboxylic acid groups (broad SMARTS) is 2. The SMILES string of the molecule is CN[C@H]1CC[C@@H](c2ccc(Cl)c(Cl)c2)c2ccccc21.CN[C@H]1CC[C@@H](c2ccc(Cl)c(Cl)c2)c2ccccc21.O=C(O)C(O)c1ccccc1.O=C(O)C(O)c1ccccc1. The van der Waals surface area contributed by atoms with Crippen LogP contribution in [0.15, 0.2) is 146 Å². The first kappa shape index (κ1) is 48.3. The summed E-state index contributed by atoms with van der Waals surface area (Å²) in [5, 5.41) is 44.1. The fourth-order valence-corrected chi connectivity index (χ4v) is 8.50. The molecular weight excluding hydrogens is 866 g/mol. The Hall–Kier alpha value is -4.74. The lowest BCUT2D eigenvalue weighted by Crippen LogP contribution is -2.24. The molecule has 0 spiro atoms. The van der Waals surface area contributed by atoms with Gasteiger partial charge in [-0.15, -0.1) is 0 Å². The van der Waals surface area contributed by atoms with Crippen molar-refractivity contribution in [3.8, 4) is 0 Å². The number of benzene rings is 6. The number of aliphatic hydroxyl groups is 2. The highest BCUT2D eigenvalue weighted by Crippen LogP contribution is 2.43. The zero-order valence-electron chi connectivity index (χ0n) is 34.3. The highest BCUT2D eigenvalue weighted by molar-refractivity contribution is 6.42. The number of carbonyl (C=O) groups is 2. The van der Waals surface area contributed by atoms with E-state index in [0.717, 1.165) is 25.7 Å². The topological polar surface area (TPSA) is 139 Å². The Bertz CT molecular complexity index is 2220. The van der Waals surface area contributed by atoms with E-state index in [-0.39, 0.29) is 0 Å². The van der Waals surface area contributed by atoms with Gasteiger partial charge in [0.15, 0.2) is 12.2 Å². The number of fused-ring (bicyclic) bond motifs is 2. The van der Waals surface area contributed by atoms with Crippen molar-refractivity contribution < 1.29 is 30.0 Å². The largest absolute Gasteiger partial charge is 0.479 e. The minimum absolute atomic E-state index is 0.403. The van der Waals surface area contributed by atoms with Gasteiger partial charge in [0.1, 0.15) is 0 Å². The van der Waals surface area contributed by atoms with Crippen LogP contribution < -0.4 is 10.6 Å². The third kappa shape index (κ3) is 12.7. The van der Waals surface area contributed by atoms with Crippen molar-refractivity contribution in [2.24, 2.45) is 0 Å². The minimum Gasteiger partial charge on any atom is -0.479 e. The molecule has 62 heavy (non-hydrogen) atoms. The first-order valence-corrected chi connectivity index (χ1v) is 21.7. The second kappa shape index (κ2) is 23.6. The molecular formula is C50H50Cl4N2O6. The smallest absolute Gasteiger partial charge is 0.337 e. The van der Waals surface area contributed by atoms with Gasteiger partial charge in [0.2, 0.25) is 0 Å². The second-order valence-corrected chi connectivity index (χ2v) is 16.5. The molecule has 6 N–H and O–H groups in total. The fourth-order valence-electron chi connectivity index (χ4n) is 7.89. The van der Waals surface area contributed by atoms with Crippen LogP contribution in [0.3, 0.4) is 0 Å². The number of aliphatic hydroxyl groups excluding tert-OH is 2. The average molecular weight is 917 g/mol. The van der Waals surface area contributed by atoms with Crippen molar-refractivity contribution in [1.82, 2.24) is 10.6 Å². The van der Waals surface area contributed by atoms with E-state index in [0.29, 0.717) is 55.1 Å². The number of rotatable bonds is 8. The van der Waals surface area contributed by atoms with Gasteiger partial charge in [-0.2, -0.15) is 0 Å². The molecule has 0 radical (unpaired) electrons. The summed E-state index contributed by atoms with van der Waals surface area (Å²) in [6.45, 7) is 0. The highest BCUT2D eigenvalue weighted by atomic mass is 35.5. The van der Waals surface area contributed by atoms with Gasteiger partial charge in [0, 0.05) is 23.9 Å². The standard InChI is InChI=1S/2C17H17Cl2N.2C8H8O3/c2*1-20-17-9-7-12(13-4-2-3-5-14(13)17)11-6-8-15(18)16(19)10-11;2*9-7(8(10)11)6-4-2-1-3-5-6/h2*2-6,8,10,12,17,20H,7,9H2,1H3;2*1-5,7,9H,(H,10,11)/t2*12-,17-;;/m00../s1. The summed E-state index contributed by atoms with van der Waals surface area (Å²) in [7, 11) is 4.06. The van der Waals surface area contributed by atoms with Crippen LogP contribution in [0.5, 0.6) is 0 Å². The van der Waals surface area contributed by atoms with Gasteiger partial charge in [0.05, 0.1) is 20.1 Å². The van der Waals surface area contributed by atoms with Crippen molar-refractivity contribution in [1.29, 1.82) is 0 Å². The molecule has 2 aliphatic carbocycles. The minimum atomic E-state index is -1.41. The Morgan fingerprint density at radius 2 is 0.790 bits per heavy atom. The maximum atomic E-state index is 10.2. The molecule has 6 aromatic carbocycles. The van der Waals surface area contributed by atoms with E-state index < -0.39 is 24.1 Å². The number of hydrogen-bond acceptors (Lipinski definition) is 6. The molecule has 2 unspecified atom stereocenters. The van der Waals surface area contributed by atoms with E-state index in [9.17, 15) is 9.59 Å². The van der Waals surface area contributed by atoms with Crippen LogP contribution in [-0.4, -0.2) is 46.5 Å². The third-order valence-corrected chi connectivity index (χ3v) is 12.5. The Morgan fingerprint density at radius 3 is 1.10 bits per heavy atom. The van der Waals surface area contributed by atoms with Crippen molar-refractivity contribution in [2.45, 2.75) is 61.8 Å². The van der Waals surface area contributed by atoms with Crippen LogP contribution in [-0.2, 0) is 9.59 Å². The Labute approximate surface area is 383 Å². The highest BCUT2D eigenvalue weighted by Gasteiger charge is 2.28. The van der Waals surface area contributed by atoms with Crippen molar-refractivity contribution in [2.75, 3.05) is 14.1 Å². The second-order valence-electron chi connectivity index (χ2n) is 14.9. The maximum Gasteiger partial charge on any atom is 0.337 e. The number of aliphatic carboxylic acids is 2. The molecule has 8 nitrogen and oxygen atoms in total. The van der Waals surface area contributed by atoms with Crippen LogP contribution in [0.4, 0.5) is 0 Å².